The SMILES string of the molecule is COc1cnc(N2CCN(c3cccc(F)n3)CC2)nc1. The number of hydrogen-bond acceptors (Lipinski definition) is 6. The molecule has 0 aromatic carbocycles. The molecule has 3 heterocycles. The fourth-order valence-corrected chi connectivity index (χ4v) is 2.29. The summed E-state index contributed by atoms with van der Waals surface area (Å²) in [6.07, 6.45) is 3.31. The highest BCUT2D eigenvalue weighted by Gasteiger charge is 2.20. The first-order valence-electron chi connectivity index (χ1n) is 6.75. The molecule has 0 N–H and O–H groups in total. The maximum atomic E-state index is 13.2. The molecule has 0 aliphatic carbocycles. The predicted octanol–water partition coefficient (Wildman–Crippen LogP) is 1.35. The average molecular weight is 289 g/mol. The van der Waals surface area contributed by atoms with E-state index in [1.165, 1.54) is 6.07 Å². The van der Waals surface area contributed by atoms with Crippen molar-refractivity contribution in [1.29, 1.82) is 0 Å². The van der Waals surface area contributed by atoms with Gasteiger partial charge in [0, 0.05) is 26.2 Å². The third-order valence-corrected chi connectivity index (χ3v) is 3.44. The first-order valence-corrected chi connectivity index (χ1v) is 6.75. The van der Waals surface area contributed by atoms with Gasteiger partial charge in [0.1, 0.15) is 5.82 Å². The Morgan fingerprint density at radius 1 is 1.05 bits per heavy atom. The van der Waals surface area contributed by atoms with Gasteiger partial charge in [-0.2, -0.15) is 4.39 Å². The van der Waals surface area contributed by atoms with Crippen molar-refractivity contribution >= 4 is 11.8 Å². The molecule has 0 unspecified atom stereocenters. The lowest BCUT2D eigenvalue weighted by atomic mass is 10.3. The van der Waals surface area contributed by atoms with Gasteiger partial charge in [-0.3, -0.25) is 0 Å². The van der Waals surface area contributed by atoms with E-state index in [2.05, 4.69) is 24.8 Å². The van der Waals surface area contributed by atoms with E-state index in [1.807, 2.05) is 6.07 Å². The van der Waals surface area contributed by atoms with Crippen molar-refractivity contribution in [1.82, 2.24) is 15.0 Å². The van der Waals surface area contributed by atoms with Crippen LogP contribution in [0.25, 0.3) is 0 Å². The van der Waals surface area contributed by atoms with Gasteiger partial charge in [0.15, 0.2) is 5.75 Å². The Kier molecular flexibility index (Phi) is 3.81. The van der Waals surface area contributed by atoms with Crippen LogP contribution in [0.2, 0.25) is 0 Å². The Labute approximate surface area is 122 Å². The quantitative estimate of drug-likeness (QED) is 0.795. The summed E-state index contributed by atoms with van der Waals surface area (Å²) < 4.78 is 18.2. The summed E-state index contributed by atoms with van der Waals surface area (Å²) in [5.41, 5.74) is 0. The highest BCUT2D eigenvalue weighted by atomic mass is 19.1. The second kappa shape index (κ2) is 5.90. The third kappa shape index (κ3) is 3.01. The van der Waals surface area contributed by atoms with Crippen molar-refractivity contribution in [2.45, 2.75) is 0 Å². The number of piperazine rings is 1. The number of ether oxygens (including phenoxy) is 1. The van der Waals surface area contributed by atoms with Crippen molar-refractivity contribution < 1.29 is 9.13 Å². The van der Waals surface area contributed by atoms with E-state index in [4.69, 9.17) is 4.74 Å². The van der Waals surface area contributed by atoms with Crippen LogP contribution >= 0.6 is 0 Å². The van der Waals surface area contributed by atoms with Crippen LogP contribution in [0.15, 0.2) is 30.6 Å². The molecule has 7 heteroatoms. The van der Waals surface area contributed by atoms with Crippen LogP contribution in [0.3, 0.4) is 0 Å². The maximum absolute atomic E-state index is 13.2. The second-order valence-corrected chi connectivity index (χ2v) is 4.72. The molecule has 21 heavy (non-hydrogen) atoms. The van der Waals surface area contributed by atoms with E-state index in [0.717, 1.165) is 26.2 Å². The minimum absolute atomic E-state index is 0.451. The highest BCUT2D eigenvalue weighted by molar-refractivity contribution is 5.42. The fraction of sp³-hybridized carbons (Fsp3) is 0.357. The molecular weight excluding hydrogens is 273 g/mol. The van der Waals surface area contributed by atoms with Gasteiger partial charge >= 0.3 is 0 Å². The average Bonchev–Trinajstić information content (AvgIpc) is 2.55. The first kappa shape index (κ1) is 13.5. The lowest BCUT2D eigenvalue weighted by molar-refractivity contribution is 0.410. The molecule has 110 valence electrons. The Hall–Kier alpha value is -2.44. The lowest BCUT2D eigenvalue weighted by Crippen LogP contribution is -2.47. The normalized spacial score (nSPS) is 15.1. The predicted molar refractivity (Wildman–Crippen MR) is 77.2 cm³/mol. The summed E-state index contributed by atoms with van der Waals surface area (Å²) in [6, 6.07) is 4.85. The molecule has 0 spiro atoms. The summed E-state index contributed by atoms with van der Waals surface area (Å²) in [6.45, 7) is 3.05. The summed E-state index contributed by atoms with van der Waals surface area (Å²) >= 11 is 0. The van der Waals surface area contributed by atoms with Gasteiger partial charge in [0.05, 0.1) is 19.5 Å². The Balaban J connectivity index is 1.64. The number of aromatic nitrogens is 3. The van der Waals surface area contributed by atoms with Crippen molar-refractivity contribution in [3.8, 4) is 5.75 Å². The molecule has 1 aliphatic rings. The second-order valence-electron chi connectivity index (χ2n) is 4.72. The minimum atomic E-state index is -0.451. The van der Waals surface area contributed by atoms with Gasteiger partial charge < -0.3 is 14.5 Å². The Bertz CT molecular complexity index is 599. The smallest absolute Gasteiger partial charge is 0.225 e. The van der Waals surface area contributed by atoms with Gasteiger partial charge in [0.2, 0.25) is 11.9 Å². The summed E-state index contributed by atoms with van der Waals surface area (Å²) in [5.74, 6) is 1.54. The molecule has 0 atom stereocenters. The van der Waals surface area contributed by atoms with Crippen LogP contribution in [0.5, 0.6) is 5.75 Å². The molecule has 2 aromatic heterocycles. The summed E-state index contributed by atoms with van der Waals surface area (Å²) in [4.78, 5) is 16.6. The van der Waals surface area contributed by atoms with Crippen molar-refractivity contribution in [2.24, 2.45) is 0 Å². The topological polar surface area (TPSA) is 54.4 Å². The number of hydrogen-bond donors (Lipinski definition) is 0. The lowest BCUT2D eigenvalue weighted by Gasteiger charge is -2.35. The highest BCUT2D eigenvalue weighted by Crippen LogP contribution is 2.17. The zero-order valence-corrected chi connectivity index (χ0v) is 11.7. The van der Waals surface area contributed by atoms with E-state index in [0.29, 0.717) is 17.5 Å². The van der Waals surface area contributed by atoms with E-state index >= 15 is 0 Å². The van der Waals surface area contributed by atoms with Crippen LogP contribution < -0.4 is 14.5 Å². The Morgan fingerprint density at radius 2 is 1.71 bits per heavy atom. The van der Waals surface area contributed by atoms with Crippen LogP contribution in [0.1, 0.15) is 0 Å². The first-order chi connectivity index (χ1) is 10.3. The number of nitrogens with zero attached hydrogens (tertiary/aromatic N) is 5. The van der Waals surface area contributed by atoms with Crippen LogP contribution in [-0.4, -0.2) is 48.2 Å². The van der Waals surface area contributed by atoms with E-state index < -0.39 is 5.95 Å². The monoisotopic (exact) mass is 289 g/mol. The van der Waals surface area contributed by atoms with Crippen molar-refractivity contribution in [3.05, 3.63) is 36.5 Å². The third-order valence-electron chi connectivity index (χ3n) is 3.44. The maximum Gasteiger partial charge on any atom is 0.225 e. The molecule has 2 aromatic rings. The summed E-state index contributed by atoms with van der Waals surface area (Å²) in [7, 11) is 1.59. The summed E-state index contributed by atoms with van der Waals surface area (Å²) in [5, 5.41) is 0. The van der Waals surface area contributed by atoms with E-state index in [9.17, 15) is 4.39 Å². The molecule has 6 nitrogen and oxygen atoms in total. The van der Waals surface area contributed by atoms with E-state index in [-0.39, 0.29) is 0 Å². The van der Waals surface area contributed by atoms with Crippen LogP contribution in [0, 0.1) is 5.95 Å². The molecule has 1 saturated heterocycles. The molecular formula is C14H16FN5O. The number of anilines is 2. The zero-order valence-electron chi connectivity index (χ0n) is 11.7. The van der Waals surface area contributed by atoms with Gasteiger partial charge in [-0.1, -0.05) is 6.07 Å². The molecule has 0 amide bonds. The number of methoxy groups -OCH3 is 1. The van der Waals surface area contributed by atoms with Crippen LogP contribution in [0.4, 0.5) is 16.2 Å². The molecule has 1 aliphatic heterocycles. The van der Waals surface area contributed by atoms with Gasteiger partial charge in [-0.15, -0.1) is 0 Å². The van der Waals surface area contributed by atoms with Crippen molar-refractivity contribution in [3.63, 3.8) is 0 Å². The molecule has 0 radical (unpaired) electrons. The fourth-order valence-electron chi connectivity index (χ4n) is 2.29. The largest absolute Gasteiger partial charge is 0.494 e. The molecule has 0 saturated carbocycles. The van der Waals surface area contributed by atoms with Gasteiger partial charge in [0.25, 0.3) is 0 Å². The standard InChI is InChI=1S/C14H16FN5O/c1-21-11-9-16-14(17-10-11)20-7-5-19(6-8-20)13-4-2-3-12(15)18-13/h2-4,9-10H,5-8H2,1H3. The Morgan fingerprint density at radius 3 is 2.33 bits per heavy atom. The molecule has 0 bridgehead atoms. The zero-order chi connectivity index (χ0) is 14.7. The number of rotatable bonds is 3. The van der Waals surface area contributed by atoms with Gasteiger partial charge in [-0.25, -0.2) is 15.0 Å². The number of halogens is 1. The number of pyridine rings is 1. The minimum Gasteiger partial charge on any atom is -0.494 e. The van der Waals surface area contributed by atoms with Crippen LogP contribution in [-0.2, 0) is 0 Å². The molecule has 1 fully saturated rings. The van der Waals surface area contributed by atoms with E-state index in [1.54, 1.807) is 25.6 Å². The van der Waals surface area contributed by atoms with Gasteiger partial charge in [-0.05, 0) is 12.1 Å². The van der Waals surface area contributed by atoms with Crippen molar-refractivity contribution in [2.75, 3.05) is 43.1 Å². The molecule has 3 rings (SSSR count).